The topological polar surface area (TPSA) is 49.0 Å². The molecule has 6 heteroatoms. The molecule has 4 rings (SSSR count). The van der Waals surface area contributed by atoms with E-state index < -0.39 is 0 Å². The van der Waals surface area contributed by atoms with Gasteiger partial charge in [-0.15, -0.1) is 22.7 Å². The summed E-state index contributed by atoms with van der Waals surface area (Å²) in [6.07, 6.45) is 3.29. The van der Waals surface area contributed by atoms with E-state index in [-0.39, 0.29) is 5.56 Å². The Labute approximate surface area is 142 Å². The monoisotopic (exact) mass is 345 g/mol. The molecule has 4 nitrogen and oxygen atoms in total. The number of nitrogens with zero attached hydrogens (tertiary/aromatic N) is 2. The lowest BCUT2D eigenvalue weighted by molar-refractivity contribution is 0.313. The minimum Gasteiger partial charge on any atom is -0.309 e. The first-order chi connectivity index (χ1) is 11.1. The van der Waals surface area contributed by atoms with Crippen LogP contribution < -0.4 is 5.56 Å². The van der Waals surface area contributed by atoms with Crippen LogP contribution in [-0.4, -0.2) is 21.9 Å². The summed E-state index contributed by atoms with van der Waals surface area (Å²) in [5.41, 5.74) is 2.60. The van der Waals surface area contributed by atoms with Crippen LogP contribution in [0, 0.1) is 6.92 Å². The normalized spacial score (nSPS) is 14.0. The predicted molar refractivity (Wildman–Crippen MR) is 96.5 cm³/mol. The van der Waals surface area contributed by atoms with E-state index in [4.69, 9.17) is 4.98 Å². The van der Waals surface area contributed by atoms with Gasteiger partial charge in [-0.3, -0.25) is 9.69 Å². The molecule has 0 amide bonds. The van der Waals surface area contributed by atoms with Crippen LogP contribution in [-0.2, 0) is 25.9 Å². The van der Waals surface area contributed by atoms with Crippen LogP contribution in [0.1, 0.15) is 33.1 Å². The lowest BCUT2D eigenvalue weighted by atomic mass is 10.2. The van der Waals surface area contributed by atoms with Crippen LogP contribution in [0.5, 0.6) is 0 Å². The van der Waals surface area contributed by atoms with Crippen molar-refractivity contribution in [3.63, 3.8) is 0 Å². The Morgan fingerprint density at radius 1 is 1.35 bits per heavy atom. The summed E-state index contributed by atoms with van der Waals surface area (Å²) in [4.78, 5) is 26.0. The highest BCUT2D eigenvalue weighted by molar-refractivity contribution is 7.18. The first kappa shape index (κ1) is 15.1. The van der Waals surface area contributed by atoms with Crippen molar-refractivity contribution < 1.29 is 0 Å². The maximum absolute atomic E-state index is 12.5. The minimum absolute atomic E-state index is 0.0325. The van der Waals surface area contributed by atoms with E-state index in [0.29, 0.717) is 6.54 Å². The van der Waals surface area contributed by atoms with Crippen LogP contribution in [0.15, 0.2) is 16.2 Å². The molecule has 0 aromatic carbocycles. The SMILES string of the molecule is Cc1ccsc1CN(C)Cc1nc2sc3c(c2c(=O)[nH]1)CCC3. The van der Waals surface area contributed by atoms with Gasteiger partial charge in [0, 0.05) is 16.3 Å². The third-order valence-electron chi connectivity index (χ3n) is 4.43. The van der Waals surface area contributed by atoms with E-state index in [1.165, 1.54) is 27.3 Å². The molecular formula is C17H19N3OS2. The van der Waals surface area contributed by atoms with Crippen molar-refractivity contribution in [2.45, 2.75) is 39.3 Å². The van der Waals surface area contributed by atoms with E-state index in [9.17, 15) is 4.79 Å². The lowest BCUT2D eigenvalue weighted by Gasteiger charge is -2.15. The molecule has 1 N–H and O–H groups in total. The number of rotatable bonds is 4. The van der Waals surface area contributed by atoms with Gasteiger partial charge in [0.1, 0.15) is 10.7 Å². The molecule has 120 valence electrons. The Balaban J connectivity index is 1.60. The number of nitrogens with one attached hydrogen (secondary N) is 1. The number of aromatic nitrogens is 2. The number of H-pyrrole nitrogens is 1. The van der Waals surface area contributed by atoms with Crippen LogP contribution >= 0.6 is 22.7 Å². The second kappa shape index (κ2) is 5.85. The number of aryl methyl sites for hydroxylation is 3. The van der Waals surface area contributed by atoms with Crippen molar-refractivity contribution in [3.05, 3.63) is 48.5 Å². The maximum Gasteiger partial charge on any atom is 0.259 e. The zero-order valence-corrected chi connectivity index (χ0v) is 14.9. The van der Waals surface area contributed by atoms with Gasteiger partial charge in [0.05, 0.1) is 11.9 Å². The van der Waals surface area contributed by atoms with E-state index in [0.717, 1.165) is 35.4 Å². The maximum atomic E-state index is 12.5. The van der Waals surface area contributed by atoms with E-state index >= 15 is 0 Å². The summed E-state index contributed by atoms with van der Waals surface area (Å²) in [6, 6.07) is 2.15. The van der Waals surface area contributed by atoms with Crippen molar-refractivity contribution in [1.82, 2.24) is 14.9 Å². The molecule has 0 unspecified atom stereocenters. The van der Waals surface area contributed by atoms with Crippen molar-refractivity contribution in [2.75, 3.05) is 7.05 Å². The molecular weight excluding hydrogens is 326 g/mol. The van der Waals surface area contributed by atoms with Crippen LogP contribution in [0.4, 0.5) is 0 Å². The first-order valence-corrected chi connectivity index (χ1v) is 9.56. The number of fused-ring (bicyclic) bond motifs is 3. The molecule has 0 bridgehead atoms. The zero-order chi connectivity index (χ0) is 16.0. The molecule has 1 aliphatic rings. The van der Waals surface area contributed by atoms with Crippen LogP contribution in [0.2, 0.25) is 0 Å². The molecule has 0 saturated heterocycles. The number of thiophene rings is 2. The Hall–Kier alpha value is -1.50. The van der Waals surface area contributed by atoms with Gasteiger partial charge in [0.25, 0.3) is 5.56 Å². The molecule has 3 heterocycles. The Morgan fingerprint density at radius 2 is 2.22 bits per heavy atom. The molecule has 3 aromatic heterocycles. The molecule has 0 spiro atoms. The quantitative estimate of drug-likeness (QED) is 0.787. The van der Waals surface area contributed by atoms with Gasteiger partial charge < -0.3 is 4.98 Å². The summed E-state index contributed by atoms with van der Waals surface area (Å²) in [5, 5.41) is 2.96. The Kier molecular flexibility index (Phi) is 3.83. The summed E-state index contributed by atoms with van der Waals surface area (Å²) in [6.45, 7) is 3.68. The molecule has 0 aliphatic heterocycles. The molecule has 0 atom stereocenters. The van der Waals surface area contributed by atoms with Gasteiger partial charge in [-0.2, -0.15) is 0 Å². The highest BCUT2D eigenvalue weighted by Gasteiger charge is 2.21. The molecule has 0 fully saturated rings. The van der Waals surface area contributed by atoms with E-state index in [1.807, 2.05) is 0 Å². The third kappa shape index (κ3) is 2.75. The van der Waals surface area contributed by atoms with Gasteiger partial charge in [-0.05, 0) is 55.8 Å². The van der Waals surface area contributed by atoms with Gasteiger partial charge in [-0.1, -0.05) is 0 Å². The van der Waals surface area contributed by atoms with Crippen molar-refractivity contribution in [3.8, 4) is 0 Å². The van der Waals surface area contributed by atoms with Crippen molar-refractivity contribution in [2.24, 2.45) is 0 Å². The zero-order valence-electron chi connectivity index (χ0n) is 13.3. The fourth-order valence-corrected chi connectivity index (χ4v) is 5.51. The van der Waals surface area contributed by atoms with Crippen molar-refractivity contribution >= 4 is 32.9 Å². The van der Waals surface area contributed by atoms with Crippen molar-refractivity contribution in [1.29, 1.82) is 0 Å². The Bertz CT molecular complexity index is 922. The molecule has 0 radical (unpaired) electrons. The molecule has 0 saturated carbocycles. The fourth-order valence-electron chi connectivity index (χ4n) is 3.24. The summed E-state index contributed by atoms with van der Waals surface area (Å²) >= 11 is 3.48. The number of hydrogen-bond donors (Lipinski definition) is 1. The second-order valence-electron chi connectivity index (χ2n) is 6.25. The van der Waals surface area contributed by atoms with Crippen LogP contribution in [0.25, 0.3) is 10.2 Å². The molecule has 1 aliphatic carbocycles. The van der Waals surface area contributed by atoms with Crippen LogP contribution in [0.3, 0.4) is 0 Å². The smallest absolute Gasteiger partial charge is 0.259 e. The summed E-state index contributed by atoms with van der Waals surface area (Å²) < 4.78 is 0. The van der Waals surface area contributed by atoms with E-state index in [1.54, 1.807) is 22.7 Å². The van der Waals surface area contributed by atoms with Gasteiger partial charge in [0.15, 0.2) is 0 Å². The van der Waals surface area contributed by atoms with Gasteiger partial charge in [-0.25, -0.2) is 4.98 Å². The Morgan fingerprint density at radius 3 is 3.00 bits per heavy atom. The average molecular weight is 345 g/mol. The number of aromatic amines is 1. The summed E-state index contributed by atoms with van der Waals surface area (Å²) in [5.74, 6) is 0.763. The largest absolute Gasteiger partial charge is 0.309 e. The minimum atomic E-state index is 0.0325. The second-order valence-corrected chi connectivity index (χ2v) is 8.33. The highest BCUT2D eigenvalue weighted by Crippen LogP contribution is 2.34. The standard InChI is InChI=1S/C17H19N3OS2/c1-10-6-7-22-13(10)8-20(2)9-14-18-16(21)15-11-4-3-5-12(11)23-17(15)19-14/h6-7H,3-5,8-9H2,1-2H3,(H,18,19,21). The predicted octanol–water partition coefficient (Wildman–Crippen LogP) is 3.48. The fraction of sp³-hybridized carbons (Fsp3) is 0.412. The molecule has 23 heavy (non-hydrogen) atoms. The highest BCUT2D eigenvalue weighted by atomic mass is 32.1. The average Bonchev–Trinajstić information content (AvgIpc) is 3.15. The first-order valence-electron chi connectivity index (χ1n) is 7.87. The van der Waals surface area contributed by atoms with E-state index in [2.05, 4.69) is 35.3 Å². The molecule has 3 aromatic rings. The van der Waals surface area contributed by atoms with Gasteiger partial charge in [0.2, 0.25) is 0 Å². The lowest BCUT2D eigenvalue weighted by Crippen LogP contribution is -2.21. The number of hydrogen-bond acceptors (Lipinski definition) is 5. The third-order valence-corrected chi connectivity index (χ3v) is 6.62. The summed E-state index contributed by atoms with van der Waals surface area (Å²) in [7, 11) is 2.07. The van der Waals surface area contributed by atoms with Gasteiger partial charge >= 0.3 is 0 Å².